The molecule has 2 aromatic heterocycles. The number of aliphatic hydroxyl groups excluding tert-OH is 1. The molecule has 0 saturated heterocycles. The predicted octanol–water partition coefficient (Wildman–Crippen LogP) is 2.31. The number of nitrogens with one attached hydrogen (secondary N) is 1. The van der Waals surface area contributed by atoms with E-state index in [1.54, 1.807) is 22.2 Å². The molecular formula is C12H16ClN3OS. The van der Waals surface area contributed by atoms with Gasteiger partial charge in [0.2, 0.25) is 0 Å². The van der Waals surface area contributed by atoms with Gasteiger partial charge in [-0.3, -0.25) is 4.68 Å². The molecule has 0 amide bonds. The van der Waals surface area contributed by atoms with Crippen LogP contribution in [0, 0.1) is 0 Å². The van der Waals surface area contributed by atoms with Gasteiger partial charge >= 0.3 is 0 Å². The Hall–Kier alpha value is -0.880. The van der Waals surface area contributed by atoms with E-state index in [9.17, 15) is 5.11 Å². The lowest BCUT2D eigenvalue weighted by atomic mass is 10.2. The van der Waals surface area contributed by atoms with Crippen molar-refractivity contribution in [2.45, 2.75) is 25.6 Å². The molecule has 18 heavy (non-hydrogen) atoms. The van der Waals surface area contributed by atoms with E-state index in [-0.39, 0.29) is 6.04 Å². The van der Waals surface area contributed by atoms with Crippen molar-refractivity contribution in [2.24, 2.45) is 0 Å². The first kappa shape index (κ1) is 13.5. The summed E-state index contributed by atoms with van der Waals surface area (Å²) in [4.78, 5) is 1.17. The van der Waals surface area contributed by atoms with E-state index in [2.05, 4.69) is 17.3 Å². The molecule has 2 N–H and O–H groups in total. The molecule has 2 aromatic rings. The van der Waals surface area contributed by atoms with E-state index >= 15 is 0 Å². The number of rotatable bonds is 6. The minimum absolute atomic E-state index is 0.190. The highest BCUT2D eigenvalue weighted by atomic mass is 35.5. The predicted molar refractivity (Wildman–Crippen MR) is 74.0 cm³/mol. The summed E-state index contributed by atoms with van der Waals surface area (Å²) in [5.41, 5.74) is 0. The molecule has 6 heteroatoms. The number of aliphatic hydroxyl groups is 1. The van der Waals surface area contributed by atoms with Gasteiger partial charge in [0.05, 0.1) is 17.0 Å². The first-order valence-corrected chi connectivity index (χ1v) is 6.98. The molecule has 4 nitrogen and oxygen atoms in total. The topological polar surface area (TPSA) is 50.1 Å². The maximum absolute atomic E-state index is 9.88. The highest BCUT2D eigenvalue weighted by Gasteiger charge is 2.11. The Balaban J connectivity index is 1.77. The van der Waals surface area contributed by atoms with Gasteiger partial charge in [-0.15, -0.1) is 11.3 Å². The van der Waals surface area contributed by atoms with Crippen molar-refractivity contribution >= 4 is 22.9 Å². The van der Waals surface area contributed by atoms with Gasteiger partial charge in [-0.05, 0) is 25.1 Å². The molecule has 2 rings (SSSR count). The first-order chi connectivity index (χ1) is 8.65. The van der Waals surface area contributed by atoms with Crippen LogP contribution in [0.15, 0.2) is 30.6 Å². The summed E-state index contributed by atoms with van der Waals surface area (Å²) in [6, 6.07) is 5.93. The summed E-state index contributed by atoms with van der Waals surface area (Å²) in [7, 11) is 0. The lowest BCUT2D eigenvalue weighted by Crippen LogP contribution is -2.31. The van der Waals surface area contributed by atoms with E-state index in [1.165, 1.54) is 4.88 Å². The Morgan fingerprint density at radius 2 is 2.39 bits per heavy atom. The minimum Gasteiger partial charge on any atom is -0.390 e. The van der Waals surface area contributed by atoms with Crippen LogP contribution in [0.5, 0.6) is 0 Å². The minimum atomic E-state index is -0.456. The van der Waals surface area contributed by atoms with Gasteiger partial charge in [-0.25, -0.2) is 0 Å². The zero-order chi connectivity index (χ0) is 13.0. The van der Waals surface area contributed by atoms with Crippen LogP contribution in [0.4, 0.5) is 0 Å². The highest BCUT2D eigenvalue weighted by Crippen LogP contribution is 2.26. The quantitative estimate of drug-likeness (QED) is 0.856. The Morgan fingerprint density at radius 3 is 3.00 bits per heavy atom. The van der Waals surface area contributed by atoms with Crippen LogP contribution in [0.3, 0.4) is 0 Å². The molecule has 0 bridgehead atoms. The maximum Gasteiger partial charge on any atom is 0.0931 e. The standard InChI is InChI=1S/C12H16ClN3OS/c1-9(11-3-4-12(13)18-11)14-7-10(17)8-16-6-2-5-15-16/h2-6,9-10,14,17H,7-8H2,1H3. The van der Waals surface area contributed by atoms with Crippen LogP contribution in [0.25, 0.3) is 0 Å². The smallest absolute Gasteiger partial charge is 0.0931 e. The van der Waals surface area contributed by atoms with Crippen molar-refractivity contribution in [3.05, 3.63) is 39.8 Å². The Bertz CT molecular complexity index is 471. The van der Waals surface area contributed by atoms with Crippen molar-refractivity contribution in [1.29, 1.82) is 0 Å². The molecule has 2 heterocycles. The lowest BCUT2D eigenvalue weighted by Gasteiger charge is -2.16. The molecule has 0 fully saturated rings. The van der Waals surface area contributed by atoms with Crippen molar-refractivity contribution < 1.29 is 5.11 Å². The average molecular weight is 286 g/mol. The molecular weight excluding hydrogens is 270 g/mol. The number of hydrogen-bond donors (Lipinski definition) is 2. The largest absolute Gasteiger partial charge is 0.390 e. The zero-order valence-corrected chi connectivity index (χ0v) is 11.7. The van der Waals surface area contributed by atoms with Gasteiger partial charge in [0.25, 0.3) is 0 Å². The molecule has 0 aliphatic rings. The van der Waals surface area contributed by atoms with Crippen LogP contribution < -0.4 is 5.32 Å². The molecule has 2 unspecified atom stereocenters. The molecule has 0 spiro atoms. The first-order valence-electron chi connectivity index (χ1n) is 5.79. The Morgan fingerprint density at radius 1 is 1.56 bits per heavy atom. The molecule has 98 valence electrons. The van der Waals surface area contributed by atoms with Crippen molar-refractivity contribution in [3.8, 4) is 0 Å². The summed E-state index contributed by atoms with van der Waals surface area (Å²) in [5, 5.41) is 17.2. The van der Waals surface area contributed by atoms with E-state index in [1.807, 2.05) is 24.4 Å². The van der Waals surface area contributed by atoms with E-state index < -0.39 is 6.10 Å². The average Bonchev–Trinajstić information content (AvgIpc) is 2.97. The Kier molecular flexibility index (Phi) is 4.77. The normalized spacial score (nSPS) is 14.6. The van der Waals surface area contributed by atoms with Gasteiger partial charge < -0.3 is 10.4 Å². The molecule has 0 aliphatic heterocycles. The van der Waals surface area contributed by atoms with Crippen molar-refractivity contribution in [1.82, 2.24) is 15.1 Å². The fourth-order valence-corrected chi connectivity index (χ4v) is 2.75. The summed E-state index contributed by atoms with van der Waals surface area (Å²) in [6.07, 6.45) is 3.09. The van der Waals surface area contributed by atoms with Crippen molar-refractivity contribution in [3.63, 3.8) is 0 Å². The van der Waals surface area contributed by atoms with E-state index in [4.69, 9.17) is 11.6 Å². The van der Waals surface area contributed by atoms with E-state index in [0.717, 1.165) is 4.34 Å². The third kappa shape index (κ3) is 3.81. The summed E-state index contributed by atoms with van der Waals surface area (Å²) < 4.78 is 2.51. The number of hydrogen-bond acceptors (Lipinski definition) is 4. The van der Waals surface area contributed by atoms with Gasteiger partial charge in [0.15, 0.2) is 0 Å². The van der Waals surface area contributed by atoms with Gasteiger partial charge in [0.1, 0.15) is 0 Å². The maximum atomic E-state index is 9.88. The monoisotopic (exact) mass is 285 g/mol. The SMILES string of the molecule is CC(NCC(O)Cn1cccn1)c1ccc(Cl)s1. The van der Waals surface area contributed by atoms with Crippen LogP contribution >= 0.6 is 22.9 Å². The molecule has 2 atom stereocenters. The van der Waals surface area contributed by atoms with Crippen LogP contribution in [0.1, 0.15) is 17.8 Å². The number of aromatic nitrogens is 2. The second-order valence-corrected chi connectivity index (χ2v) is 5.90. The van der Waals surface area contributed by atoms with Gasteiger partial charge in [-0.1, -0.05) is 11.6 Å². The third-order valence-electron chi connectivity index (χ3n) is 2.64. The molecule has 0 saturated carbocycles. The second-order valence-electron chi connectivity index (χ2n) is 4.15. The van der Waals surface area contributed by atoms with Crippen molar-refractivity contribution in [2.75, 3.05) is 6.54 Å². The van der Waals surface area contributed by atoms with Gasteiger partial charge in [0, 0.05) is 29.9 Å². The van der Waals surface area contributed by atoms with Crippen LogP contribution in [-0.4, -0.2) is 27.5 Å². The van der Waals surface area contributed by atoms with Gasteiger partial charge in [-0.2, -0.15) is 5.10 Å². The fraction of sp³-hybridized carbons (Fsp3) is 0.417. The van der Waals surface area contributed by atoms with Crippen LogP contribution in [0.2, 0.25) is 4.34 Å². The number of nitrogens with zero attached hydrogens (tertiary/aromatic N) is 2. The third-order valence-corrected chi connectivity index (χ3v) is 4.05. The summed E-state index contributed by atoms with van der Waals surface area (Å²) in [6.45, 7) is 3.08. The summed E-state index contributed by atoms with van der Waals surface area (Å²) in [5.74, 6) is 0. The lowest BCUT2D eigenvalue weighted by molar-refractivity contribution is 0.144. The number of halogens is 1. The fourth-order valence-electron chi connectivity index (χ4n) is 1.66. The Labute approximate surface area is 115 Å². The second kappa shape index (κ2) is 6.33. The summed E-state index contributed by atoms with van der Waals surface area (Å²) >= 11 is 7.45. The molecule has 0 aromatic carbocycles. The van der Waals surface area contributed by atoms with Crippen LogP contribution in [-0.2, 0) is 6.54 Å². The molecule has 0 aliphatic carbocycles. The zero-order valence-electron chi connectivity index (χ0n) is 10.1. The molecule has 0 radical (unpaired) electrons. The van der Waals surface area contributed by atoms with E-state index in [0.29, 0.717) is 13.1 Å². The highest BCUT2D eigenvalue weighted by molar-refractivity contribution is 7.16. The number of thiophene rings is 1.